The Hall–Kier alpha value is -0.380. The van der Waals surface area contributed by atoms with Crippen LogP contribution in [0.15, 0.2) is 12.1 Å². The molecular formula is C12H22N2S. The van der Waals surface area contributed by atoms with Crippen LogP contribution in [0.3, 0.4) is 0 Å². The van der Waals surface area contributed by atoms with Crippen molar-refractivity contribution in [3.05, 3.63) is 21.9 Å². The Balaban J connectivity index is 2.50. The zero-order valence-corrected chi connectivity index (χ0v) is 11.0. The molecule has 1 unspecified atom stereocenters. The van der Waals surface area contributed by atoms with Crippen LogP contribution >= 0.6 is 11.3 Å². The monoisotopic (exact) mass is 226 g/mol. The van der Waals surface area contributed by atoms with Crippen LogP contribution in [0.1, 0.15) is 16.7 Å². The predicted octanol–water partition coefficient (Wildman–Crippen LogP) is 2.00. The largest absolute Gasteiger partial charge is 0.315 e. The number of rotatable bonds is 6. The summed E-state index contributed by atoms with van der Waals surface area (Å²) < 4.78 is 0. The Bertz CT molecular complexity index is 281. The maximum absolute atomic E-state index is 3.37. The van der Waals surface area contributed by atoms with Crippen molar-refractivity contribution in [3.63, 3.8) is 0 Å². The molecule has 0 aromatic carbocycles. The molecular weight excluding hydrogens is 204 g/mol. The summed E-state index contributed by atoms with van der Waals surface area (Å²) in [6.07, 6.45) is 2.29. The Morgan fingerprint density at radius 1 is 1.33 bits per heavy atom. The van der Waals surface area contributed by atoms with Crippen LogP contribution in [-0.4, -0.2) is 38.6 Å². The normalized spacial score (nSPS) is 13.4. The fourth-order valence-electron chi connectivity index (χ4n) is 1.66. The Morgan fingerprint density at radius 2 is 2.00 bits per heavy atom. The molecule has 0 aliphatic carbocycles. The van der Waals surface area contributed by atoms with Crippen LogP contribution < -0.4 is 5.32 Å². The van der Waals surface area contributed by atoms with Crippen LogP contribution in [0.5, 0.6) is 0 Å². The van der Waals surface area contributed by atoms with E-state index >= 15 is 0 Å². The van der Waals surface area contributed by atoms with E-state index in [2.05, 4.69) is 43.4 Å². The SMILES string of the molecule is CCc1ccc(CC(CN(C)C)NC)s1. The molecule has 1 heterocycles. The van der Waals surface area contributed by atoms with E-state index < -0.39 is 0 Å². The van der Waals surface area contributed by atoms with Crippen LogP contribution in [0.25, 0.3) is 0 Å². The quantitative estimate of drug-likeness (QED) is 0.798. The number of thiophene rings is 1. The number of nitrogens with zero attached hydrogens (tertiary/aromatic N) is 1. The minimum absolute atomic E-state index is 0.559. The van der Waals surface area contributed by atoms with Gasteiger partial charge in [0.15, 0.2) is 0 Å². The zero-order valence-electron chi connectivity index (χ0n) is 10.2. The fourth-order valence-corrected chi connectivity index (χ4v) is 2.70. The lowest BCUT2D eigenvalue weighted by Gasteiger charge is -2.19. The van der Waals surface area contributed by atoms with E-state index in [-0.39, 0.29) is 0 Å². The van der Waals surface area contributed by atoms with Crippen LogP contribution in [-0.2, 0) is 12.8 Å². The molecule has 0 spiro atoms. The molecule has 0 bridgehead atoms. The highest BCUT2D eigenvalue weighted by atomic mass is 32.1. The molecule has 15 heavy (non-hydrogen) atoms. The summed E-state index contributed by atoms with van der Waals surface area (Å²) >= 11 is 1.95. The van der Waals surface area contributed by atoms with Gasteiger partial charge in [-0.3, -0.25) is 0 Å². The van der Waals surface area contributed by atoms with Crippen molar-refractivity contribution in [3.8, 4) is 0 Å². The summed E-state index contributed by atoms with van der Waals surface area (Å²) in [4.78, 5) is 5.22. The third-order valence-corrected chi connectivity index (χ3v) is 3.76. The predicted molar refractivity (Wildman–Crippen MR) is 68.8 cm³/mol. The van der Waals surface area contributed by atoms with Gasteiger partial charge in [-0.25, -0.2) is 0 Å². The average Bonchev–Trinajstić information content (AvgIpc) is 2.64. The maximum Gasteiger partial charge on any atom is 0.0240 e. The lowest BCUT2D eigenvalue weighted by Crippen LogP contribution is -2.37. The van der Waals surface area contributed by atoms with Crippen molar-refractivity contribution in [1.82, 2.24) is 10.2 Å². The van der Waals surface area contributed by atoms with Gasteiger partial charge in [0.2, 0.25) is 0 Å². The minimum atomic E-state index is 0.559. The van der Waals surface area contributed by atoms with Crippen molar-refractivity contribution in [2.75, 3.05) is 27.7 Å². The summed E-state index contributed by atoms with van der Waals surface area (Å²) in [7, 11) is 6.29. The van der Waals surface area contributed by atoms with Gasteiger partial charge in [0, 0.05) is 22.3 Å². The van der Waals surface area contributed by atoms with Gasteiger partial charge in [0.1, 0.15) is 0 Å². The number of hydrogen-bond acceptors (Lipinski definition) is 3. The molecule has 0 saturated heterocycles. The van der Waals surface area contributed by atoms with Gasteiger partial charge in [-0.1, -0.05) is 6.92 Å². The van der Waals surface area contributed by atoms with Gasteiger partial charge in [0.05, 0.1) is 0 Å². The maximum atomic E-state index is 3.37. The van der Waals surface area contributed by atoms with E-state index in [1.54, 1.807) is 0 Å². The van der Waals surface area contributed by atoms with Gasteiger partial charge in [-0.15, -0.1) is 11.3 Å². The molecule has 0 fully saturated rings. The molecule has 1 aromatic heterocycles. The first-order valence-electron chi connectivity index (χ1n) is 5.55. The molecule has 0 aliphatic rings. The zero-order chi connectivity index (χ0) is 11.3. The second kappa shape index (κ2) is 6.26. The lowest BCUT2D eigenvalue weighted by molar-refractivity contribution is 0.347. The van der Waals surface area contributed by atoms with E-state index in [1.165, 1.54) is 9.75 Å². The number of hydrogen-bond donors (Lipinski definition) is 1. The van der Waals surface area contributed by atoms with E-state index in [4.69, 9.17) is 0 Å². The first-order valence-corrected chi connectivity index (χ1v) is 6.37. The molecule has 0 aliphatic heterocycles. The average molecular weight is 226 g/mol. The van der Waals surface area contributed by atoms with Gasteiger partial charge < -0.3 is 10.2 Å². The van der Waals surface area contributed by atoms with Gasteiger partial charge in [0.25, 0.3) is 0 Å². The third kappa shape index (κ3) is 4.33. The highest BCUT2D eigenvalue weighted by Crippen LogP contribution is 2.18. The summed E-state index contributed by atoms with van der Waals surface area (Å²) in [5.74, 6) is 0. The van der Waals surface area contributed by atoms with Crippen LogP contribution in [0.4, 0.5) is 0 Å². The van der Waals surface area contributed by atoms with Gasteiger partial charge >= 0.3 is 0 Å². The summed E-state index contributed by atoms with van der Waals surface area (Å²) in [6.45, 7) is 3.31. The number of nitrogens with one attached hydrogen (secondary N) is 1. The standard InChI is InChI=1S/C12H22N2S/c1-5-11-6-7-12(15-11)8-10(13-2)9-14(3)4/h6-7,10,13H,5,8-9H2,1-4H3. The Labute approximate surface area is 97.3 Å². The smallest absolute Gasteiger partial charge is 0.0240 e. The van der Waals surface area contributed by atoms with E-state index in [0.717, 1.165) is 19.4 Å². The second-order valence-corrected chi connectivity index (χ2v) is 5.43. The molecule has 1 atom stereocenters. The first-order chi connectivity index (χ1) is 7.15. The fraction of sp³-hybridized carbons (Fsp3) is 0.667. The van der Waals surface area contributed by atoms with Gasteiger partial charge in [-0.05, 0) is 46.1 Å². The Kier molecular flexibility index (Phi) is 5.29. The van der Waals surface area contributed by atoms with E-state index in [0.29, 0.717) is 6.04 Å². The summed E-state index contributed by atoms with van der Waals surface area (Å²) in [6, 6.07) is 5.08. The lowest BCUT2D eigenvalue weighted by atomic mass is 10.2. The van der Waals surface area contributed by atoms with Crippen molar-refractivity contribution < 1.29 is 0 Å². The molecule has 0 radical (unpaired) electrons. The molecule has 3 heteroatoms. The minimum Gasteiger partial charge on any atom is -0.315 e. The summed E-state index contributed by atoms with van der Waals surface area (Å²) in [5, 5.41) is 3.37. The van der Waals surface area contributed by atoms with Gasteiger partial charge in [-0.2, -0.15) is 0 Å². The first kappa shape index (κ1) is 12.7. The van der Waals surface area contributed by atoms with E-state index in [1.807, 2.05) is 18.4 Å². The number of aryl methyl sites for hydroxylation is 1. The third-order valence-electron chi connectivity index (χ3n) is 2.51. The molecule has 2 nitrogen and oxygen atoms in total. The second-order valence-electron chi connectivity index (χ2n) is 4.17. The molecule has 86 valence electrons. The highest BCUT2D eigenvalue weighted by Gasteiger charge is 2.09. The van der Waals surface area contributed by atoms with Crippen molar-refractivity contribution in [2.24, 2.45) is 0 Å². The highest BCUT2D eigenvalue weighted by molar-refractivity contribution is 7.11. The van der Waals surface area contributed by atoms with Crippen molar-refractivity contribution in [1.29, 1.82) is 0 Å². The van der Waals surface area contributed by atoms with Crippen molar-refractivity contribution in [2.45, 2.75) is 25.8 Å². The molecule has 1 rings (SSSR count). The number of likely N-dealkylation sites (N-methyl/N-ethyl adjacent to an activating group) is 2. The van der Waals surface area contributed by atoms with Crippen LogP contribution in [0.2, 0.25) is 0 Å². The van der Waals surface area contributed by atoms with E-state index in [9.17, 15) is 0 Å². The van der Waals surface area contributed by atoms with Crippen molar-refractivity contribution >= 4 is 11.3 Å². The Morgan fingerprint density at radius 3 is 2.47 bits per heavy atom. The molecule has 0 saturated carbocycles. The summed E-state index contributed by atoms with van der Waals surface area (Å²) in [5.41, 5.74) is 0. The molecule has 1 N–H and O–H groups in total. The topological polar surface area (TPSA) is 15.3 Å². The van der Waals surface area contributed by atoms with Crippen LogP contribution in [0, 0.1) is 0 Å². The molecule has 0 amide bonds. The molecule has 1 aromatic rings.